The molecular weight excluding hydrogens is 364 g/mol. The van der Waals surface area contributed by atoms with Gasteiger partial charge in [0.15, 0.2) is 0 Å². The third-order valence-corrected chi connectivity index (χ3v) is 5.01. The van der Waals surface area contributed by atoms with Gasteiger partial charge in [-0.15, -0.1) is 11.3 Å². The molecule has 0 saturated carbocycles. The second kappa shape index (κ2) is 10.8. The molecule has 7 heteroatoms. The van der Waals surface area contributed by atoms with E-state index < -0.39 is 5.92 Å². The first kappa shape index (κ1) is 21.1. The molecule has 0 bridgehead atoms. The van der Waals surface area contributed by atoms with Crippen LogP contribution in [0.4, 0.5) is 0 Å². The highest BCUT2D eigenvalue weighted by Crippen LogP contribution is 2.23. The van der Waals surface area contributed by atoms with Crippen LogP contribution >= 0.6 is 11.3 Å². The lowest BCUT2D eigenvalue weighted by Gasteiger charge is -2.24. The number of ether oxygens (including phenoxy) is 2. The van der Waals surface area contributed by atoms with E-state index in [1.54, 1.807) is 11.8 Å². The molecule has 27 heavy (non-hydrogen) atoms. The molecule has 1 aromatic carbocycles. The number of carbonyl (C=O) groups excluding carboxylic acids is 2. The Hall–Kier alpha value is -2.25. The van der Waals surface area contributed by atoms with Crippen molar-refractivity contribution in [3.05, 3.63) is 41.4 Å². The van der Waals surface area contributed by atoms with Crippen LogP contribution in [0.15, 0.2) is 35.7 Å². The lowest BCUT2D eigenvalue weighted by Crippen LogP contribution is -2.40. The predicted octanol–water partition coefficient (Wildman–Crippen LogP) is 3.03. The Labute approximate surface area is 164 Å². The molecule has 0 aliphatic heterocycles. The first-order chi connectivity index (χ1) is 13.0. The molecule has 0 N–H and O–H groups in total. The molecule has 1 amide bonds. The van der Waals surface area contributed by atoms with Crippen molar-refractivity contribution < 1.29 is 19.1 Å². The van der Waals surface area contributed by atoms with Crippen LogP contribution < -0.4 is 0 Å². The predicted molar refractivity (Wildman–Crippen MR) is 106 cm³/mol. The highest BCUT2D eigenvalue weighted by Gasteiger charge is 2.22. The lowest BCUT2D eigenvalue weighted by molar-refractivity contribution is -0.146. The van der Waals surface area contributed by atoms with E-state index in [2.05, 4.69) is 4.98 Å². The summed E-state index contributed by atoms with van der Waals surface area (Å²) in [5, 5.41) is 2.80. The maximum Gasteiger partial charge on any atom is 0.310 e. The van der Waals surface area contributed by atoms with Gasteiger partial charge in [-0.3, -0.25) is 9.59 Å². The van der Waals surface area contributed by atoms with Crippen molar-refractivity contribution >= 4 is 23.2 Å². The van der Waals surface area contributed by atoms with Crippen LogP contribution in [0.2, 0.25) is 0 Å². The Morgan fingerprint density at radius 3 is 2.67 bits per heavy atom. The second-order valence-corrected chi connectivity index (χ2v) is 7.01. The fourth-order valence-corrected chi connectivity index (χ4v) is 3.44. The number of hydrogen-bond acceptors (Lipinski definition) is 6. The van der Waals surface area contributed by atoms with Crippen LogP contribution in [0, 0.1) is 5.92 Å². The van der Waals surface area contributed by atoms with Gasteiger partial charge in [-0.25, -0.2) is 4.98 Å². The second-order valence-electron chi connectivity index (χ2n) is 6.15. The zero-order valence-electron chi connectivity index (χ0n) is 16.0. The van der Waals surface area contributed by atoms with Crippen molar-refractivity contribution in [3.8, 4) is 10.6 Å². The molecule has 1 heterocycles. The number of hydrogen-bond donors (Lipinski definition) is 0. The molecule has 6 nitrogen and oxygen atoms in total. The normalized spacial score (nSPS) is 11.8. The summed E-state index contributed by atoms with van der Waals surface area (Å²) in [6.45, 7) is 5.41. The van der Waals surface area contributed by atoms with Crippen LogP contribution in [0.5, 0.6) is 0 Å². The Balaban J connectivity index is 2.03. The summed E-state index contributed by atoms with van der Waals surface area (Å²) in [6, 6.07) is 9.88. The molecular formula is C20H26N2O4S. The zero-order valence-corrected chi connectivity index (χ0v) is 16.8. The van der Waals surface area contributed by atoms with Crippen molar-refractivity contribution in [2.24, 2.45) is 5.92 Å². The number of nitrogens with zero attached hydrogens (tertiary/aromatic N) is 2. The van der Waals surface area contributed by atoms with Crippen LogP contribution in [-0.2, 0) is 25.5 Å². The van der Waals surface area contributed by atoms with Crippen LogP contribution in [0.1, 0.15) is 19.5 Å². The van der Waals surface area contributed by atoms with Gasteiger partial charge in [0.05, 0.1) is 31.7 Å². The standard InChI is InChI=1S/C20H26N2O4S/c1-4-26-11-10-22(13-15(2)20(24)25-3)18(23)12-17-14-27-19(21-17)16-8-6-5-7-9-16/h5-9,14-15H,4,10-13H2,1-3H3/t15-/m0/s1. The van der Waals surface area contributed by atoms with Crippen LogP contribution in [0.25, 0.3) is 10.6 Å². The number of thiazole rings is 1. The summed E-state index contributed by atoms with van der Waals surface area (Å²) in [4.78, 5) is 30.7. The topological polar surface area (TPSA) is 68.7 Å². The molecule has 0 saturated heterocycles. The van der Waals surface area contributed by atoms with Crippen molar-refractivity contribution in [3.63, 3.8) is 0 Å². The molecule has 146 valence electrons. The number of carbonyl (C=O) groups is 2. The van der Waals surface area contributed by atoms with Crippen LogP contribution in [0.3, 0.4) is 0 Å². The molecule has 2 rings (SSSR count). The average molecular weight is 391 g/mol. The third-order valence-electron chi connectivity index (χ3n) is 4.07. The summed E-state index contributed by atoms with van der Waals surface area (Å²) in [6.07, 6.45) is 0.198. The molecule has 0 unspecified atom stereocenters. The minimum Gasteiger partial charge on any atom is -0.469 e. The average Bonchev–Trinajstić information content (AvgIpc) is 3.15. The van der Waals surface area contributed by atoms with E-state index in [-0.39, 0.29) is 18.3 Å². The van der Waals surface area contributed by atoms with E-state index in [0.717, 1.165) is 16.3 Å². The van der Waals surface area contributed by atoms with Gasteiger partial charge >= 0.3 is 5.97 Å². The Bertz CT molecular complexity index is 733. The van der Waals surface area contributed by atoms with E-state index in [0.29, 0.717) is 26.3 Å². The van der Waals surface area contributed by atoms with Gasteiger partial charge in [-0.2, -0.15) is 0 Å². The molecule has 0 fully saturated rings. The van der Waals surface area contributed by atoms with Gasteiger partial charge in [-0.05, 0) is 6.92 Å². The number of rotatable bonds is 10. The van der Waals surface area contributed by atoms with E-state index >= 15 is 0 Å². The largest absolute Gasteiger partial charge is 0.469 e. The third kappa shape index (κ3) is 6.45. The quantitative estimate of drug-likeness (QED) is 0.461. The molecule has 0 spiro atoms. The van der Waals surface area contributed by atoms with E-state index in [9.17, 15) is 9.59 Å². The number of amides is 1. The van der Waals surface area contributed by atoms with Crippen molar-refractivity contribution in [1.29, 1.82) is 0 Å². The summed E-state index contributed by atoms with van der Waals surface area (Å²) >= 11 is 1.52. The summed E-state index contributed by atoms with van der Waals surface area (Å²) in [5.74, 6) is -0.796. The first-order valence-electron chi connectivity index (χ1n) is 8.98. The van der Waals surface area contributed by atoms with E-state index in [1.807, 2.05) is 42.6 Å². The van der Waals surface area contributed by atoms with E-state index in [4.69, 9.17) is 9.47 Å². The van der Waals surface area contributed by atoms with Crippen molar-refractivity contribution in [2.75, 3.05) is 33.4 Å². The molecule has 0 aliphatic carbocycles. The Kier molecular flexibility index (Phi) is 8.42. The first-order valence-corrected chi connectivity index (χ1v) is 9.86. The number of aromatic nitrogens is 1. The summed E-state index contributed by atoms with van der Waals surface area (Å²) in [7, 11) is 1.35. The van der Waals surface area contributed by atoms with Gasteiger partial charge in [0.1, 0.15) is 5.01 Å². The fourth-order valence-electron chi connectivity index (χ4n) is 2.61. The lowest BCUT2D eigenvalue weighted by atomic mass is 10.1. The minimum atomic E-state index is -0.393. The van der Waals surface area contributed by atoms with Crippen LogP contribution in [-0.4, -0.2) is 55.2 Å². The maximum absolute atomic E-state index is 12.8. The van der Waals surface area contributed by atoms with Gasteiger partial charge in [0, 0.05) is 30.6 Å². The Morgan fingerprint density at radius 2 is 2.00 bits per heavy atom. The maximum atomic E-state index is 12.8. The monoisotopic (exact) mass is 390 g/mol. The van der Waals surface area contributed by atoms with E-state index in [1.165, 1.54) is 18.4 Å². The van der Waals surface area contributed by atoms with Gasteiger partial charge in [0.2, 0.25) is 5.91 Å². The van der Waals surface area contributed by atoms with Gasteiger partial charge < -0.3 is 14.4 Å². The van der Waals surface area contributed by atoms with Gasteiger partial charge in [0.25, 0.3) is 0 Å². The Morgan fingerprint density at radius 1 is 1.26 bits per heavy atom. The fraction of sp³-hybridized carbons (Fsp3) is 0.450. The molecule has 1 atom stereocenters. The number of methoxy groups -OCH3 is 1. The highest BCUT2D eigenvalue weighted by molar-refractivity contribution is 7.13. The summed E-state index contributed by atoms with van der Waals surface area (Å²) < 4.78 is 10.1. The SMILES string of the molecule is CCOCCN(C[C@H](C)C(=O)OC)C(=O)Cc1csc(-c2ccccc2)n1. The van der Waals surface area contributed by atoms with Crippen molar-refractivity contribution in [1.82, 2.24) is 9.88 Å². The highest BCUT2D eigenvalue weighted by atomic mass is 32.1. The van der Waals surface area contributed by atoms with Gasteiger partial charge in [-0.1, -0.05) is 37.3 Å². The van der Waals surface area contributed by atoms with Crippen molar-refractivity contribution in [2.45, 2.75) is 20.3 Å². The number of esters is 1. The number of benzene rings is 1. The smallest absolute Gasteiger partial charge is 0.310 e. The summed E-state index contributed by atoms with van der Waals surface area (Å²) in [5.41, 5.74) is 1.77. The molecule has 0 aliphatic rings. The minimum absolute atomic E-state index is 0.0737. The molecule has 1 aromatic heterocycles. The zero-order chi connectivity index (χ0) is 19.6. The molecule has 2 aromatic rings. The molecule has 0 radical (unpaired) electrons.